The second-order valence-corrected chi connectivity index (χ2v) is 10.6. The highest BCUT2D eigenvalue weighted by molar-refractivity contribution is 14.1. The molecular formula is C33H26IN3O2. The molecule has 39 heavy (non-hydrogen) atoms. The molecular weight excluding hydrogens is 597 g/mol. The van der Waals surface area contributed by atoms with Crippen LogP contribution in [0, 0.1) is 10.5 Å². The van der Waals surface area contributed by atoms with Gasteiger partial charge in [0.05, 0.1) is 23.7 Å². The first-order valence-electron chi connectivity index (χ1n) is 12.7. The normalized spacial score (nSPS) is 11.6. The minimum Gasteiger partial charge on any atom is -0.497 e. The molecule has 0 aliphatic heterocycles. The first-order valence-corrected chi connectivity index (χ1v) is 13.8. The Hall–Kier alpha value is -4.17. The number of hydrogen-bond acceptors (Lipinski definition) is 3. The fourth-order valence-electron chi connectivity index (χ4n) is 5.06. The summed E-state index contributed by atoms with van der Waals surface area (Å²) in [7, 11) is 1.63. The number of aromatic nitrogens is 3. The van der Waals surface area contributed by atoms with Gasteiger partial charge in [-0.2, -0.15) is 0 Å². The summed E-state index contributed by atoms with van der Waals surface area (Å²) in [5.74, 6) is 1.30. The van der Waals surface area contributed by atoms with Gasteiger partial charge in [-0.15, -0.1) is 0 Å². The van der Waals surface area contributed by atoms with Crippen LogP contribution in [0.15, 0.2) is 102 Å². The standard InChI is InChI=1S/C33H26IN3O2/c1-22-27(28-10-6-7-11-31(28)36(22)21-23-8-4-3-5-9-23)17-19-32-35-30-18-12-24(34)20-29(30)33(38)37(32)25-13-15-26(39-2)16-14-25/h3-20H,21H2,1-2H3/b19-17+. The monoisotopic (exact) mass is 623 g/mol. The molecule has 0 aliphatic carbocycles. The second-order valence-electron chi connectivity index (χ2n) is 9.39. The topological polar surface area (TPSA) is 49.0 Å². The summed E-state index contributed by atoms with van der Waals surface area (Å²) in [6.45, 7) is 2.93. The zero-order chi connectivity index (χ0) is 26.9. The van der Waals surface area contributed by atoms with Gasteiger partial charge in [-0.05, 0) is 95.8 Å². The maximum Gasteiger partial charge on any atom is 0.266 e. The van der Waals surface area contributed by atoms with Crippen LogP contribution in [-0.2, 0) is 6.54 Å². The number of halogens is 1. The molecule has 0 N–H and O–H groups in total. The molecule has 0 atom stereocenters. The van der Waals surface area contributed by atoms with Gasteiger partial charge in [-0.1, -0.05) is 48.5 Å². The van der Waals surface area contributed by atoms with Crippen molar-refractivity contribution in [2.24, 2.45) is 0 Å². The van der Waals surface area contributed by atoms with Crippen LogP contribution in [-0.4, -0.2) is 21.2 Å². The third-order valence-electron chi connectivity index (χ3n) is 7.05. The molecule has 6 aromatic rings. The SMILES string of the molecule is COc1ccc(-n2c(/C=C/c3c(C)n(Cc4ccccc4)c4ccccc34)nc3ccc(I)cc3c2=O)cc1. The molecule has 192 valence electrons. The van der Waals surface area contributed by atoms with Crippen molar-refractivity contribution in [2.75, 3.05) is 7.11 Å². The molecule has 0 aliphatic rings. The summed E-state index contributed by atoms with van der Waals surface area (Å²) in [6, 6.07) is 32.2. The minimum atomic E-state index is -0.105. The van der Waals surface area contributed by atoms with Crippen molar-refractivity contribution < 1.29 is 4.74 Å². The molecule has 2 aromatic heterocycles. The predicted molar refractivity (Wildman–Crippen MR) is 168 cm³/mol. The Morgan fingerprint density at radius 1 is 0.872 bits per heavy atom. The van der Waals surface area contributed by atoms with Crippen LogP contribution < -0.4 is 10.3 Å². The zero-order valence-corrected chi connectivity index (χ0v) is 23.8. The molecule has 5 nitrogen and oxygen atoms in total. The summed E-state index contributed by atoms with van der Waals surface area (Å²) in [4.78, 5) is 18.7. The van der Waals surface area contributed by atoms with E-state index >= 15 is 0 Å². The smallest absolute Gasteiger partial charge is 0.266 e. The fourth-order valence-corrected chi connectivity index (χ4v) is 5.55. The summed E-state index contributed by atoms with van der Waals surface area (Å²) in [6.07, 6.45) is 4.03. The van der Waals surface area contributed by atoms with Crippen LogP contribution in [0.25, 0.3) is 39.6 Å². The molecule has 0 unspecified atom stereocenters. The van der Waals surface area contributed by atoms with Gasteiger partial charge in [0.15, 0.2) is 0 Å². The van der Waals surface area contributed by atoms with E-state index < -0.39 is 0 Å². The van der Waals surface area contributed by atoms with Crippen LogP contribution in [0.2, 0.25) is 0 Å². The Kier molecular flexibility index (Phi) is 6.79. The van der Waals surface area contributed by atoms with Crippen molar-refractivity contribution in [1.29, 1.82) is 0 Å². The lowest BCUT2D eigenvalue weighted by molar-refractivity contribution is 0.414. The van der Waals surface area contributed by atoms with Crippen LogP contribution in [0.1, 0.15) is 22.6 Å². The molecule has 6 heteroatoms. The van der Waals surface area contributed by atoms with Crippen molar-refractivity contribution in [1.82, 2.24) is 14.1 Å². The highest BCUT2D eigenvalue weighted by atomic mass is 127. The fraction of sp³-hybridized carbons (Fsp3) is 0.0909. The van der Waals surface area contributed by atoms with E-state index in [1.807, 2.05) is 54.6 Å². The van der Waals surface area contributed by atoms with E-state index in [4.69, 9.17) is 9.72 Å². The number of methoxy groups -OCH3 is 1. The average molecular weight is 623 g/mol. The number of rotatable bonds is 6. The van der Waals surface area contributed by atoms with Gasteiger partial charge in [0, 0.05) is 32.3 Å². The summed E-state index contributed by atoms with van der Waals surface area (Å²) in [5, 5.41) is 1.75. The number of ether oxygens (including phenoxy) is 1. The molecule has 2 heterocycles. The maximum absolute atomic E-state index is 13.8. The molecule has 4 aromatic carbocycles. The van der Waals surface area contributed by atoms with Gasteiger partial charge < -0.3 is 9.30 Å². The second kappa shape index (κ2) is 10.5. The van der Waals surface area contributed by atoms with E-state index in [1.54, 1.807) is 11.7 Å². The van der Waals surface area contributed by atoms with Crippen molar-refractivity contribution in [3.05, 3.63) is 134 Å². The summed E-state index contributed by atoms with van der Waals surface area (Å²) >= 11 is 2.23. The van der Waals surface area contributed by atoms with Gasteiger partial charge in [-0.3, -0.25) is 9.36 Å². The number of para-hydroxylation sites is 1. The van der Waals surface area contributed by atoms with E-state index in [1.165, 1.54) is 11.1 Å². The molecule has 0 radical (unpaired) electrons. The number of nitrogens with zero attached hydrogens (tertiary/aromatic N) is 3. The van der Waals surface area contributed by atoms with Crippen molar-refractivity contribution in [2.45, 2.75) is 13.5 Å². The average Bonchev–Trinajstić information content (AvgIpc) is 3.23. The van der Waals surface area contributed by atoms with Gasteiger partial charge in [-0.25, -0.2) is 4.98 Å². The van der Waals surface area contributed by atoms with E-state index in [2.05, 4.69) is 88.7 Å². The highest BCUT2D eigenvalue weighted by Gasteiger charge is 2.15. The molecule has 0 amide bonds. The Labute approximate surface area is 240 Å². The van der Waals surface area contributed by atoms with E-state index in [0.29, 0.717) is 16.7 Å². The van der Waals surface area contributed by atoms with Crippen LogP contribution in [0.3, 0.4) is 0 Å². The van der Waals surface area contributed by atoms with E-state index in [0.717, 1.165) is 38.2 Å². The maximum atomic E-state index is 13.8. The molecule has 0 fully saturated rings. The number of benzene rings is 4. The van der Waals surface area contributed by atoms with Crippen molar-refractivity contribution in [3.63, 3.8) is 0 Å². The molecule has 0 saturated heterocycles. The Morgan fingerprint density at radius 2 is 1.62 bits per heavy atom. The molecule has 0 spiro atoms. The lowest BCUT2D eigenvalue weighted by Crippen LogP contribution is -2.22. The van der Waals surface area contributed by atoms with Gasteiger partial charge in [0.2, 0.25) is 0 Å². The predicted octanol–water partition coefficient (Wildman–Crippen LogP) is 7.48. The summed E-state index contributed by atoms with van der Waals surface area (Å²) < 4.78 is 10.3. The lowest BCUT2D eigenvalue weighted by atomic mass is 10.1. The highest BCUT2D eigenvalue weighted by Crippen LogP contribution is 2.29. The van der Waals surface area contributed by atoms with Crippen LogP contribution in [0.5, 0.6) is 5.75 Å². The van der Waals surface area contributed by atoms with Gasteiger partial charge in [0.1, 0.15) is 11.6 Å². The number of hydrogen-bond donors (Lipinski definition) is 0. The van der Waals surface area contributed by atoms with Crippen molar-refractivity contribution >= 4 is 56.5 Å². The minimum absolute atomic E-state index is 0.105. The first-order chi connectivity index (χ1) is 19.0. The van der Waals surface area contributed by atoms with Gasteiger partial charge in [0.25, 0.3) is 5.56 Å². The van der Waals surface area contributed by atoms with Crippen molar-refractivity contribution in [3.8, 4) is 11.4 Å². The Balaban J connectivity index is 1.52. The van der Waals surface area contributed by atoms with Crippen LogP contribution in [0.4, 0.5) is 0 Å². The third kappa shape index (κ3) is 4.76. The molecule has 6 rings (SSSR count). The van der Waals surface area contributed by atoms with E-state index in [9.17, 15) is 4.79 Å². The summed E-state index contributed by atoms with van der Waals surface area (Å²) in [5.41, 5.74) is 5.99. The lowest BCUT2D eigenvalue weighted by Gasteiger charge is -2.12. The zero-order valence-electron chi connectivity index (χ0n) is 21.6. The number of fused-ring (bicyclic) bond motifs is 2. The third-order valence-corrected chi connectivity index (χ3v) is 7.72. The van der Waals surface area contributed by atoms with Crippen LogP contribution >= 0.6 is 22.6 Å². The molecule has 0 saturated carbocycles. The first kappa shape index (κ1) is 25.1. The molecule has 0 bridgehead atoms. The van der Waals surface area contributed by atoms with E-state index in [-0.39, 0.29) is 5.56 Å². The Morgan fingerprint density at radius 3 is 2.38 bits per heavy atom. The van der Waals surface area contributed by atoms with Gasteiger partial charge >= 0.3 is 0 Å². The largest absolute Gasteiger partial charge is 0.497 e. The Bertz CT molecular complexity index is 1900. The quantitative estimate of drug-likeness (QED) is 0.181.